The van der Waals surface area contributed by atoms with Crippen molar-refractivity contribution >= 4 is 33.3 Å². The van der Waals surface area contributed by atoms with Crippen molar-refractivity contribution in [3.05, 3.63) is 65.4 Å². The van der Waals surface area contributed by atoms with Gasteiger partial charge in [-0.25, -0.2) is 0 Å². The summed E-state index contributed by atoms with van der Waals surface area (Å²) in [7, 11) is 1.63. The number of pyridine rings is 1. The third-order valence-electron chi connectivity index (χ3n) is 8.06. The van der Waals surface area contributed by atoms with Gasteiger partial charge in [0.15, 0.2) is 5.15 Å². The summed E-state index contributed by atoms with van der Waals surface area (Å²) >= 11 is 6.34. The van der Waals surface area contributed by atoms with E-state index in [1.807, 2.05) is 48.5 Å². The van der Waals surface area contributed by atoms with Gasteiger partial charge in [-0.1, -0.05) is 43.1 Å². The first-order valence-electron chi connectivity index (χ1n) is 12.5. The minimum Gasteiger partial charge on any atom is -0.497 e. The molecule has 4 aromatic rings. The molecule has 0 aliphatic carbocycles. The lowest BCUT2D eigenvalue weighted by Gasteiger charge is -2.54. The molecule has 3 aliphatic heterocycles. The van der Waals surface area contributed by atoms with E-state index in [0.29, 0.717) is 33.7 Å². The van der Waals surface area contributed by atoms with Crippen molar-refractivity contribution in [1.29, 1.82) is 0 Å². The Morgan fingerprint density at radius 3 is 2.69 bits per heavy atom. The summed E-state index contributed by atoms with van der Waals surface area (Å²) in [6.45, 7) is 4.12. The lowest BCUT2D eigenvalue weighted by Crippen LogP contribution is -2.62. The Kier molecular flexibility index (Phi) is 5.94. The molecule has 8 heteroatoms. The Labute approximate surface area is 215 Å². The molecule has 7 nitrogen and oxygen atoms in total. The SMILES string of the molecule is CC[C@H]1CN2CC[C@H]1C[C@@H]2[C@@](O)(Oc1nnc(Cl)c2ccccc12)c1ccnc2ccc(OC)cc12. The van der Waals surface area contributed by atoms with Gasteiger partial charge in [0.05, 0.1) is 18.7 Å². The fraction of sp³-hybridized carbons (Fsp3) is 0.393. The molecule has 7 rings (SSSR count). The van der Waals surface area contributed by atoms with Crippen LogP contribution in [-0.2, 0) is 5.79 Å². The molecular formula is C28H29ClN4O3. The zero-order valence-corrected chi connectivity index (χ0v) is 21.2. The molecule has 2 bridgehead atoms. The van der Waals surface area contributed by atoms with Crippen LogP contribution in [0.5, 0.6) is 11.6 Å². The monoisotopic (exact) mass is 504 g/mol. The number of nitrogens with zero attached hydrogens (tertiary/aromatic N) is 4. The molecule has 2 aromatic heterocycles. The zero-order valence-electron chi connectivity index (χ0n) is 20.4. The third kappa shape index (κ3) is 3.77. The molecule has 3 fully saturated rings. The second kappa shape index (κ2) is 9.14. The Hall–Kier alpha value is -3.00. The molecule has 5 atom stereocenters. The lowest BCUT2D eigenvalue weighted by atomic mass is 9.71. The molecule has 36 heavy (non-hydrogen) atoms. The Morgan fingerprint density at radius 1 is 1.11 bits per heavy atom. The summed E-state index contributed by atoms with van der Waals surface area (Å²) in [5, 5.41) is 23.6. The number of aliphatic hydroxyl groups is 1. The van der Waals surface area contributed by atoms with Crippen molar-refractivity contribution in [1.82, 2.24) is 20.1 Å². The van der Waals surface area contributed by atoms with Gasteiger partial charge in [-0.05, 0) is 61.6 Å². The molecule has 0 spiro atoms. The molecule has 1 N–H and O–H groups in total. The van der Waals surface area contributed by atoms with E-state index in [0.717, 1.165) is 48.6 Å². The maximum absolute atomic E-state index is 12.7. The van der Waals surface area contributed by atoms with Crippen LogP contribution in [0, 0.1) is 11.8 Å². The van der Waals surface area contributed by atoms with Gasteiger partial charge in [-0.15, -0.1) is 10.2 Å². The van der Waals surface area contributed by atoms with E-state index >= 15 is 0 Å². The molecule has 2 aromatic carbocycles. The minimum atomic E-state index is -1.70. The Morgan fingerprint density at radius 2 is 1.94 bits per heavy atom. The first-order chi connectivity index (χ1) is 17.5. The number of benzene rings is 2. The number of hydrogen-bond acceptors (Lipinski definition) is 7. The summed E-state index contributed by atoms with van der Waals surface area (Å²) in [6, 6.07) is 14.8. The maximum Gasteiger partial charge on any atom is 0.253 e. The number of rotatable bonds is 6. The quantitative estimate of drug-likeness (QED) is 0.362. The van der Waals surface area contributed by atoms with Crippen molar-refractivity contribution in [3.8, 4) is 11.6 Å². The van der Waals surface area contributed by atoms with Crippen LogP contribution in [-0.4, -0.2) is 51.4 Å². The molecule has 3 saturated heterocycles. The van der Waals surface area contributed by atoms with Gasteiger partial charge in [0.2, 0.25) is 5.88 Å². The molecule has 0 amide bonds. The summed E-state index contributed by atoms with van der Waals surface area (Å²) in [5.74, 6) is 0.406. The van der Waals surface area contributed by atoms with E-state index in [1.165, 1.54) is 0 Å². The first kappa shape index (κ1) is 23.4. The smallest absolute Gasteiger partial charge is 0.253 e. The van der Waals surface area contributed by atoms with Crippen LogP contribution >= 0.6 is 11.6 Å². The second-order valence-corrected chi connectivity index (χ2v) is 10.2. The van der Waals surface area contributed by atoms with Crippen LogP contribution < -0.4 is 9.47 Å². The van der Waals surface area contributed by atoms with E-state index in [4.69, 9.17) is 21.1 Å². The van der Waals surface area contributed by atoms with E-state index in [2.05, 4.69) is 27.0 Å². The largest absolute Gasteiger partial charge is 0.497 e. The number of methoxy groups -OCH3 is 1. The normalized spacial score (nSPS) is 25.1. The fourth-order valence-electron chi connectivity index (χ4n) is 6.14. The highest BCUT2D eigenvalue weighted by molar-refractivity contribution is 6.34. The first-order valence-corrected chi connectivity index (χ1v) is 12.9. The number of fused-ring (bicyclic) bond motifs is 5. The summed E-state index contributed by atoms with van der Waals surface area (Å²) < 4.78 is 12.1. The highest BCUT2D eigenvalue weighted by Gasteiger charge is 2.52. The van der Waals surface area contributed by atoms with Gasteiger partial charge in [-0.3, -0.25) is 9.88 Å². The molecule has 1 unspecified atom stereocenters. The van der Waals surface area contributed by atoms with Gasteiger partial charge in [0.25, 0.3) is 5.79 Å². The lowest BCUT2D eigenvalue weighted by molar-refractivity contribution is -0.222. The average Bonchev–Trinajstić information content (AvgIpc) is 2.94. The van der Waals surface area contributed by atoms with E-state index in [9.17, 15) is 5.11 Å². The van der Waals surface area contributed by atoms with E-state index in [-0.39, 0.29) is 11.9 Å². The van der Waals surface area contributed by atoms with Crippen molar-refractivity contribution in [2.75, 3.05) is 20.2 Å². The highest BCUT2D eigenvalue weighted by atomic mass is 35.5. The molecule has 5 heterocycles. The molecule has 3 aliphatic rings. The number of halogens is 1. The number of ether oxygens (including phenoxy) is 2. The van der Waals surface area contributed by atoms with Crippen molar-refractivity contribution in [2.45, 2.75) is 38.0 Å². The second-order valence-electron chi connectivity index (χ2n) is 9.85. The number of piperidine rings is 3. The molecule has 0 saturated carbocycles. The molecule has 186 valence electrons. The van der Waals surface area contributed by atoms with Gasteiger partial charge in [-0.2, -0.15) is 0 Å². The van der Waals surface area contributed by atoms with Gasteiger partial charge in [0.1, 0.15) is 5.75 Å². The predicted octanol–water partition coefficient (Wildman–Crippen LogP) is 5.18. The topological polar surface area (TPSA) is 80.6 Å². The summed E-state index contributed by atoms with van der Waals surface area (Å²) in [6.07, 6.45) is 4.83. The fourth-order valence-corrected chi connectivity index (χ4v) is 6.35. The van der Waals surface area contributed by atoms with Crippen LogP contribution in [0.3, 0.4) is 0 Å². The number of aromatic nitrogens is 3. The average molecular weight is 505 g/mol. The van der Waals surface area contributed by atoms with Gasteiger partial charge in [0, 0.05) is 34.5 Å². The van der Waals surface area contributed by atoms with E-state index < -0.39 is 5.79 Å². The Bertz CT molecular complexity index is 1430. The van der Waals surface area contributed by atoms with Crippen LogP contribution in [0.1, 0.15) is 31.7 Å². The van der Waals surface area contributed by atoms with Gasteiger partial charge >= 0.3 is 0 Å². The Balaban J connectivity index is 1.54. The summed E-state index contributed by atoms with van der Waals surface area (Å²) in [5.41, 5.74) is 1.39. The van der Waals surface area contributed by atoms with Crippen molar-refractivity contribution < 1.29 is 14.6 Å². The van der Waals surface area contributed by atoms with Crippen LogP contribution in [0.2, 0.25) is 5.15 Å². The van der Waals surface area contributed by atoms with Crippen molar-refractivity contribution in [2.24, 2.45) is 11.8 Å². The minimum absolute atomic E-state index is 0.250. The standard InChI is InChI=1S/C28H29ClN4O3/c1-3-17-16-33-13-11-18(17)14-25(33)28(34,23-10-12-30-24-9-8-19(35-2)15-22(23)24)36-27-21-7-5-4-6-20(21)26(29)31-32-27/h4-10,12,15,17-18,25,34H,3,11,13-14,16H2,1-2H3/t17-,18-,25+,28-/m0/s1. The van der Waals surface area contributed by atoms with Crippen LogP contribution in [0.25, 0.3) is 21.7 Å². The zero-order chi connectivity index (χ0) is 24.9. The molecule has 0 radical (unpaired) electrons. The maximum atomic E-state index is 12.7. The highest BCUT2D eigenvalue weighted by Crippen LogP contribution is 2.46. The third-order valence-corrected chi connectivity index (χ3v) is 8.34. The van der Waals surface area contributed by atoms with E-state index in [1.54, 1.807) is 13.3 Å². The van der Waals surface area contributed by atoms with Crippen LogP contribution in [0.15, 0.2) is 54.7 Å². The van der Waals surface area contributed by atoms with Crippen LogP contribution in [0.4, 0.5) is 0 Å². The predicted molar refractivity (Wildman–Crippen MR) is 139 cm³/mol. The summed E-state index contributed by atoms with van der Waals surface area (Å²) in [4.78, 5) is 6.92. The molecular weight excluding hydrogens is 476 g/mol. The van der Waals surface area contributed by atoms with Gasteiger partial charge < -0.3 is 14.6 Å². The number of hydrogen-bond donors (Lipinski definition) is 1. The van der Waals surface area contributed by atoms with Crippen molar-refractivity contribution in [3.63, 3.8) is 0 Å².